The van der Waals surface area contributed by atoms with Gasteiger partial charge in [0, 0.05) is 12.0 Å². The van der Waals surface area contributed by atoms with Crippen molar-refractivity contribution in [3.63, 3.8) is 0 Å². The molecule has 1 aliphatic heterocycles. The largest absolute Gasteiger partial charge is 0.395 e. The second-order valence-electron chi connectivity index (χ2n) is 5.12. The number of aliphatic hydroxyl groups is 1. The third-order valence-electron chi connectivity index (χ3n) is 3.72. The molecule has 0 radical (unpaired) electrons. The van der Waals surface area contributed by atoms with Gasteiger partial charge in [-0.1, -0.05) is 11.6 Å². The lowest BCUT2D eigenvalue weighted by molar-refractivity contribution is 0.0749. The van der Waals surface area contributed by atoms with E-state index in [2.05, 4.69) is 15.0 Å². The van der Waals surface area contributed by atoms with Crippen molar-refractivity contribution in [1.82, 2.24) is 15.0 Å². The second-order valence-corrected chi connectivity index (χ2v) is 5.12. The molecule has 3 rings (SSSR count). The van der Waals surface area contributed by atoms with Crippen LogP contribution in [0.15, 0.2) is 4.52 Å². The standard InChI is InChI=1S/C12H19N3O2/c16-8-10-3-1-2-6-15(10)7-11-13-12(14-17-11)9-4-5-9/h9-10,16H,1-8H2. The molecule has 1 unspecified atom stereocenters. The molecule has 0 spiro atoms. The average Bonchev–Trinajstić information content (AvgIpc) is 3.11. The Labute approximate surface area is 101 Å². The van der Waals surface area contributed by atoms with E-state index in [0.717, 1.165) is 18.8 Å². The van der Waals surface area contributed by atoms with Crippen LogP contribution in [0.5, 0.6) is 0 Å². The van der Waals surface area contributed by atoms with Crippen LogP contribution in [-0.4, -0.2) is 39.3 Å². The molecule has 2 aliphatic rings. The van der Waals surface area contributed by atoms with Gasteiger partial charge in [0.15, 0.2) is 5.82 Å². The van der Waals surface area contributed by atoms with Gasteiger partial charge in [0.1, 0.15) is 0 Å². The summed E-state index contributed by atoms with van der Waals surface area (Å²) in [5, 5.41) is 13.4. The van der Waals surface area contributed by atoms with E-state index in [1.54, 1.807) is 0 Å². The zero-order chi connectivity index (χ0) is 11.7. The predicted molar refractivity (Wildman–Crippen MR) is 61.4 cm³/mol. The van der Waals surface area contributed by atoms with Crippen LogP contribution in [0.25, 0.3) is 0 Å². The number of piperidine rings is 1. The number of hydrogen-bond acceptors (Lipinski definition) is 5. The summed E-state index contributed by atoms with van der Waals surface area (Å²) in [6.45, 7) is 1.93. The number of likely N-dealkylation sites (tertiary alicyclic amines) is 1. The summed E-state index contributed by atoms with van der Waals surface area (Å²) in [7, 11) is 0. The fraction of sp³-hybridized carbons (Fsp3) is 0.833. The number of nitrogens with zero attached hydrogens (tertiary/aromatic N) is 3. The van der Waals surface area contributed by atoms with Gasteiger partial charge in [-0.2, -0.15) is 4.98 Å². The number of rotatable bonds is 4. The van der Waals surface area contributed by atoms with E-state index in [1.807, 2.05) is 0 Å². The van der Waals surface area contributed by atoms with E-state index >= 15 is 0 Å². The van der Waals surface area contributed by atoms with Crippen molar-refractivity contribution in [1.29, 1.82) is 0 Å². The van der Waals surface area contributed by atoms with E-state index in [4.69, 9.17) is 4.52 Å². The van der Waals surface area contributed by atoms with E-state index in [0.29, 0.717) is 18.4 Å². The molecule has 1 aromatic heterocycles. The number of aromatic nitrogens is 2. The Morgan fingerprint density at radius 2 is 2.18 bits per heavy atom. The molecule has 1 aromatic rings. The van der Waals surface area contributed by atoms with Gasteiger partial charge in [-0.15, -0.1) is 0 Å². The highest BCUT2D eigenvalue weighted by Crippen LogP contribution is 2.38. The molecule has 1 saturated heterocycles. The first-order valence-electron chi connectivity index (χ1n) is 6.54. The monoisotopic (exact) mass is 237 g/mol. The predicted octanol–water partition coefficient (Wildman–Crippen LogP) is 1.29. The minimum atomic E-state index is 0.226. The second kappa shape index (κ2) is 4.74. The lowest BCUT2D eigenvalue weighted by Gasteiger charge is -2.33. The van der Waals surface area contributed by atoms with Crippen LogP contribution in [0.2, 0.25) is 0 Å². The third kappa shape index (κ3) is 2.50. The average molecular weight is 237 g/mol. The molecule has 1 N–H and O–H groups in total. The van der Waals surface area contributed by atoms with E-state index in [-0.39, 0.29) is 12.6 Å². The van der Waals surface area contributed by atoms with Crippen LogP contribution >= 0.6 is 0 Å². The van der Waals surface area contributed by atoms with Crippen LogP contribution in [-0.2, 0) is 6.54 Å². The maximum Gasteiger partial charge on any atom is 0.240 e. The maximum atomic E-state index is 9.33. The summed E-state index contributed by atoms with van der Waals surface area (Å²) >= 11 is 0. The summed E-state index contributed by atoms with van der Waals surface area (Å²) in [6, 6.07) is 0.264. The van der Waals surface area contributed by atoms with Gasteiger partial charge >= 0.3 is 0 Å². The molecule has 5 heteroatoms. The maximum absolute atomic E-state index is 9.33. The molecule has 0 amide bonds. The molecular formula is C12H19N3O2. The highest BCUT2D eigenvalue weighted by Gasteiger charge is 2.29. The van der Waals surface area contributed by atoms with Crippen molar-refractivity contribution in [2.24, 2.45) is 0 Å². The molecule has 5 nitrogen and oxygen atoms in total. The lowest BCUT2D eigenvalue weighted by atomic mass is 10.0. The molecule has 17 heavy (non-hydrogen) atoms. The normalized spacial score (nSPS) is 26.3. The Hall–Kier alpha value is -0.940. The lowest BCUT2D eigenvalue weighted by Crippen LogP contribution is -2.41. The molecule has 0 aromatic carbocycles. The van der Waals surface area contributed by atoms with Crippen LogP contribution in [0, 0.1) is 0 Å². The summed E-state index contributed by atoms with van der Waals surface area (Å²) in [5.74, 6) is 2.12. The van der Waals surface area contributed by atoms with Gasteiger partial charge in [-0.25, -0.2) is 0 Å². The summed E-state index contributed by atoms with van der Waals surface area (Å²) in [5.41, 5.74) is 0. The summed E-state index contributed by atoms with van der Waals surface area (Å²) in [4.78, 5) is 6.69. The van der Waals surface area contributed by atoms with Crippen molar-refractivity contribution in [3.05, 3.63) is 11.7 Å². The van der Waals surface area contributed by atoms with Crippen LogP contribution in [0.4, 0.5) is 0 Å². The van der Waals surface area contributed by atoms with E-state index in [1.165, 1.54) is 25.7 Å². The SMILES string of the molecule is OCC1CCCCN1Cc1nc(C2CC2)no1. The first-order valence-corrected chi connectivity index (χ1v) is 6.54. The quantitative estimate of drug-likeness (QED) is 0.855. The molecule has 2 fully saturated rings. The van der Waals surface area contributed by atoms with Gasteiger partial charge in [0.05, 0.1) is 13.2 Å². The number of aliphatic hydroxyl groups excluding tert-OH is 1. The fourth-order valence-corrected chi connectivity index (χ4v) is 2.49. The Morgan fingerprint density at radius 1 is 1.29 bits per heavy atom. The first-order chi connectivity index (χ1) is 8.36. The topological polar surface area (TPSA) is 62.4 Å². The van der Waals surface area contributed by atoms with E-state index in [9.17, 15) is 5.11 Å². The molecule has 2 heterocycles. The van der Waals surface area contributed by atoms with Crippen LogP contribution < -0.4 is 0 Å². The van der Waals surface area contributed by atoms with Crippen molar-refractivity contribution in [2.75, 3.05) is 13.2 Å². The third-order valence-corrected chi connectivity index (χ3v) is 3.72. The van der Waals surface area contributed by atoms with Crippen LogP contribution in [0.1, 0.15) is 49.7 Å². The van der Waals surface area contributed by atoms with Gasteiger partial charge < -0.3 is 9.63 Å². The minimum absolute atomic E-state index is 0.226. The van der Waals surface area contributed by atoms with Gasteiger partial charge in [0.2, 0.25) is 5.89 Å². The number of hydrogen-bond donors (Lipinski definition) is 1. The molecule has 1 atom stereocenters. The highest BCUT2D eigenvalue weighted by atomic mass is 16.5. The van der Waals surface area contributed by atoms with E-state index < -0.39 is 0 Å². The molecule has 94 valence electrons. The molecular weight excluding hydrogens is 218 g/mol. The van der Waals surface area contributed by atoms with Crippen molar-refractivity contribution in [2.45, 2.75) is 50.6 Å². The van der Waals surface area contributed by atoms with Gasteiger partial charge in [0.25, 0.3) is 0 Å². The highest BCUT2D eigenvalue weighted by molar-refractivity contribution is 5.03. The van der Waals surface area contributed by atoms with Gasteiger partial charge in [-0.05, 0) is 32.2 Å². The van der Waals surface area contributed by atoms with Crippen molar-refractivity contribution in [3.8, 4) is 0 Å². The minimum Gasteiger partial charge on any atom is -0.395 e. The fourth-order valence-electron chi connectivity index (χ4n) is 2.49. The van der Waals surface area contributed by atoms with Crippen LogP contribution in [0.3, 0.4) is 0 Å². The Kier molecular flexibility index (Phi) is 3.11. The first kappa shape index (κ1) is 11.2. The molecule has 0 bridgehead atoms. The Balaban J connectivity index is 1.63. The van der Waals surface area contributed by atoms with Gasteiger partial charge in [-0.3, -0.25) is 4.90 Å². The molecule has 1 saturated carbocycles. The summed E-state index contributed by atoms with van der Waals surface area (Å²) < 4.78 is 5.28. The smallest absolute Gasteiger partial charge is 0.240 e. The Bertz CT molecular complexity index is 376. The zero-order valence-corrected chi connectivity index (χ0v) is 10.0. The molecule has 1 aliphatic carbocycles. The zero-order valence-electron chi connectivity index (χ0n) is 10.0. The Morgan fingerprint density at radius 3 is 2.94 bits per heavy atom. The van der Waals surface area contributed by atoms with Crippen molar-refractivity contribution < 1.29 is 9.63 Å². The van der Waals surface area contributed by atoms with Crippen molar-refractivity contribution >= 4 is 0 Å². The summed E-state index contributed by atoms with van der Waals surface area (Å²) in [6.07, 6.45) is 5.86.